The highest BCUT2D eigenvalue weighted by Gasteiger charge is 2.06. The van der Waals surface area contributed by atoms with Gasteiger partial charge in [-0.25, -0.2) is 0 Å². The number of hydrogen-bond donors (Lipinski definition) is 0. The van der Waals surface area contributed by atoms with Crippen LogP contribution in [-0.4, -0.2) is 19.0 Å². The van der Waals surface area contributed by atoms with Crippen molar-refractivity contribution in [2.24, 2.45) is 0 Å². The number of carbonyl (C=O) groups excluding carboxylic acids is 2. The van der Waals surface area contributed by atoms with E-state index in [1.54, 1.807) is 0 Å². The number of hydrogen-bond acceptors (Lipinski definition) is 4. The lowest BCUT2D eigenvalue weighted by molar-refractivity contribution is -0.145. The van der Waals surface area contributed by atoms with Crippen molar-refractivity contribution in [3.05, 3.63) is 12.3 Å². The molecule has 0 amide bonds. The van der Waals surface area contributed by atoms with Crippen molar-refractivity contribution in [2.45, 2.75) is 45.4 Å². The minimum Gasteiger partial charge on any atom is -0.469 e. The Labute approximate surface area is 96.6 Å². The molecule has 0 aliphatic heterocycles. The van der Waals surface area contributed by atoms with Crippen LogP contribution in [0, 0.1) is 0 Å². The molecule has 0 spiro atoms. The Bertz CT molecular complexity index is 233. The molecule has 16 heavy (non-hydrogen) atoms. The summed E-state index contributed by atoms with van der Waals surface area (Å²) >= 11 is 0. The predicted octanol–water partition coefficient (Wildman–Crippen LogP) is 2.58. The van der Waals surface area contributed by atoms with E-state index in [0.717, 1.165) is 12.8 Å². The number of carbonyl (C=O) groups is 2. The monoisotopic (exact) mass is 228 g/mol. The van der Waals surface area contributed by atoms with Gasteiger partial charge in [-0.2, -0.15) is 0 Å². The first kappa shape index (κ1) is 14.7. The lowest BCUT2D eigenvalue weighted by atomic mass is 10.2. The van der Waals surface area contributed by atoms with E-state index in [9.17, 15) is 9.59 Å². The van der Waals surface area contributed by atoms with Crippen molar-refractivity contribution in [1.82, 2.24) is 0 Å². The van der Waals surface area contributed by atoms with Crippen LogP contribution in [0.3, 0.4) is 0 Å². The Hall–Kier alpha value is -1.32. The Morgan fingerprint density at radius 2 is 1.81 bits per heavy atom. The van der Waals surface area contributed by atoms with Crippen LogP contribution in [-0.2, 0) is 19.1 Å². The van der Waals surface area contributed by atoms with Gasteiger partial charge in [0.05, 0.1) is 26.2 Å². The van der Waals surface area contributed by atoms with Gasteiger partial charge in [0, 0.05) is 0 Å². The molecule has 0 radical (unpaired) electrons. The van der Waals surface area contributed by atoms with Gasteiger partial charge in [0.25, 0.3) is 0 Å². The van der Waals surface area contributed by atoms with E-state index in [1.165, 1.54) is 26.2 Å². The molecular formula is C12H20O4. The summed E-state index contributed by atoms with van der Waals surface area (Å²) in [7, 11) is 1.29. The lowest BCUT2D eigenvalue weighted by Crippen LogP contribution is -2.06. The summed E-state index contributed by atoms with van der Waals surface area (Å²) < 4.78 is 9.20. The van der Waals surface area contributed by atoms with Crippen LogP contribution >= 0.6 is 0 Å². The summed E-state index contributed by atoms with van der Waals surface area (Å²) in [6.07, 6.45) is 7.73. The smallest absolute Gasteiger partial charge is 0.311 e. The zero-order valence-electron chi connectivity index (χ0n) is 10.0. The molecule has 0 unspecified atom stereocenters. The lowest BCUT2D eigenvalue weighted by Gasteiger charge is -1.98. The molecule has 0 rings (SSSR count). The quantitative estimate of drug-likeness (QED) is 0.364. The van der Waals surface area contributed by atoms with Gasteiger partial charge in [-0.05, 0) is 18.9 Å². The fraction of sp³-hybridized carbons (Fsp3) is 0.667. The van der Waals surface area contributed by atoms with E-state index >= 15 is 0 Å². The predicted molar refractivity (Wildman–Crippen MR) is 60.6 cm³/mol. The van der Waals surface area contributed by atoms with E-state index in [-0.39, 0.29) is 12.8 Å². The summed E-state index contributed by atoms with van der Waals surface area (Å²) in [5.41, 5.74) is 0. The second-order valence-corrected chi connectivity index (χ2v) is 3.43. The van der Waals surface area contributed by atoms with Gasteiger partial charge in [0.15, 0.2) is 0 Å². The zero-order chi connectivity index (χ0) is 12.2. The number of ether oxygens (including phenoxy) is 2. The molecule has 0 bridgehead atoms. The maximum absolute atomic E-state index is 11.1. The van der Waals surface area contributed by atoms with E-state index in [1.807, 2.05) is 6.08 Å². The number of unbranched alkanes of at least 4 members (excludes halogenated alkanes) is 3. The molecule has 0 aromatic heterocycles. The summed E-state index contributed by atoms with van der Waals surface area (Å²) in [6.45, 7) is 2.14. The summed E-state index contributed by atoms with van der Waals surface area (Å²) in [6, 6.07) is 0. The second kappa shape index (κ2) is 10.2. The minimum absolute atomic E-state index is 0.0615. The molecule has 0 aliphatic rings. The van der Waals surface area contributed by atoms with Crippen molar-refractivity contribution < 1.29 is 19.1 Å². The van der Waals surface area contributed by atoms with Crippen molar-refractivity contribution in [3.8, 4) is 0 Å². The standard InChI is InChI=1S/C12H20O4/c1-3-4-5-6-7-10-16-12(14)9-8-11(13)15-2/h7,10H,3-6,8-9H2,1-2H3. The van der Waals surface area contributed by atoms with E-state index < -0.39 is 11.9 Å². The normalized spacial score (nSPS) is 10.4. The Morgan fingerprint density at radius 1 is 1.12 bits per heavy atom. The summed E-state index contributed by atoms with van der Waals surface area (Å²) in [5, 5.41) is 0. The van der Waals surface area contributed by atoms with Crippen LogP contribution in [0.15, 0.2) is 12.3 Å². The van der Waals surface area contributed by atoms with Gasteiger partial charge in [-0.1, -0.05) is 19.8 Å². The molecule has 4 nitrogen and oxygen atoms in total. The Balaban J connectivity index is 3.46. The summed E-state index contributed by atoms with van der Waals surface area (Å²) in [5.74, 6) is -0.805. The van der Waals surface area contributed by atoms with Gasteiger partial charge >= 0.3 is 11.9 Å². The molecular weight excluding hydrogens is 208 g/mol. The molecule has 0 saturated carbocycles. The van der Waals surface area contributed by atoms with Gasteiger partial charge in [-0.15, -0.1) is 0 Å². The first-order valence-corrected chi connectivity index (χ1v) is 5.62. The van der Waals surface area contributed by atoms with Crippen LogP contribution in [0.5, 0.6) is 0 Å². The van der Waals surface area contributed by atoms with Crippen LogP contribution in [0.25, 0.3) is 0 Å². The maximum atomic E-state index is 11.1. The maximum Gasteiger partial charge on any atom is 0.311 e. The first-order valence-electron chi connectivity index (χ1n) is 5.62. The topological polar surface area (TPSA) is 52.6 Å². The van der Waals surface area contributed by atoms with Gasteiger partial charge in [0.1, 0.15) is 0 Å². The van der Waals surface area contributed by atoms with E-state index in [4.69, 9.17) is 4.74 Å². The number of methoxy groups -OCH3 is 1. The highest BCUT2D eigenvalue weighted by atomic mass is 16.5. The molecule has 0 aliphatic carbocycles. The zero-order valence-corrected chi connectivity index (χ0v) is 10.0. The number of rotatable bonds is 8. The van der Waals surface area contributed by atoms with Crippen molar-refractivity contribution >= 4 is 11.9 Å². The molecule has 0 heterocycles. The van der Waals surface area contributed by atoms with Crippen LogP contribution in [0.1, 0.15) is 45.4 Å². The third-order valence-corrected chi connectivity index (χ3v) is 2.03. The molecule has 0 saturated heterocycles. The van der Waals surface area contributed by atoms with Crippen LogP contribution < -0.4 is 0 Å². The van der Waals surface area contributed by atoms with Gasteiger partial charge < -0.3 is 9.47 Å². The Morgan fingerprint density at radius 3 is 2.44 bits per heavy atom. The molecule has 0 atom stereocenters. The minimum atomic E-state index is -0.405. The highest BCUT2D eigenvalue weighted by molar-refractivity contribution is 5.77. The van der Waals surface area contributed by atoms with Crippen molar-refractivity contribution in [3.63, 3.8) is 0 Å². The Kier molecular flexibility index (Phi) is 9.36. The largest absolute Gasteiger partial charge is 0.469 e. The third-order valence-electron chi connectivity index (χ3n) is 2.03. The molecule has 0 N–H and O–H groups in total. The second-order valence-electron chi connectivity index (χ2n) is 3.43. The molecule has 0 aromatic rings. The number of allylic oxidation sites excluding steroid dienone is 1. The highest BCUT2D eigenvalue weighted by Crippen LogP contribution is 2.00. The average molecular weight is 228 g/mol. The molecule has 0 fully saturated rings. The molecule has 0 aromatic carbocycles. The van der Waals surface area contributed by atoms with Crippen molar-refractivity contribution in [2.75, 3.05) is 7.11 Å². The summed E-state index contributed by atoms with van der Waals surface area (Å²) in [4.78, 5) is 21.8. The molecule has 4 heteroatoms. The van der Waals surface area contributed by atoms with Crippen LogP contribution in [0.2, 0.25) is 0 Å². The van der Waals surface area contributed by atoms with Crippen LogP contribution in [0.4, 0.5) is 0 Å². The van der Waals surface area contributed by atoms with Gasteiger partial charge in [-0.3, -0.25) is 9.59 Å². The third kappa shape index (κ3) is 9.24. The van der Waals surface area contributed by atoms with E-state index in [0.29, 0.717) is 0 Å². The van der Waals surface area contributed by atoms with Gasteiger partial charge in [0.2, 0.25) is 0 Å². The fourth-order valence-corrected chi connectivity index (χ4v) is 1.07. The molecule has 92 valence electrons. The average Bonchev–Trinajstić information content (AvgIpc) is 2.30. The first-order chi connectivity index (χ1) is 7.70. The number of esters is 2. The van der Waals surface area contributed by atoms with Crippen molar-refractivity contribution in [1.29, 1.82) is 0 Å². The van der Waals surface area contributed by atoms with E-state index in [2.05, 4.69) is 11.7 Å². The fourth-order valence-electron chi connectivity index (χ4n) is 1.07. The SMILES string of the molecule is CCCCCC=COC(=O)CCC(=O)OC.